The molecule has 1 heterocycles. The number of halogens is 5. The van der Waals surface area contributed by atoms with Gasteiger partial charge in [-0.15, -0.1) is 31.4 Å². The molecule has 2 rings (SSSR count). The van der Waals surface area contributed by atoms with Crippen molar-refractivity contribution in [1.82, 2.24) is 10.2 Å². The lowest BCUT2D eigenvalue weighted by Gasteiger charge is -2.35. The molecule has 0 unspecified atom stereocenters. The topological polar surface area (TPSA) is 35.5 Å². The zero-order chi connectivity index (χ0) is 15.4. The standard InChI is InChI=1S/C15H19BrF2N2O.2ClH/c1-2-3-4-12(20-7-5-19-6-8-20)10-9-11(16)13(17)14(18)15(10)21;;/h2,9,12,19,21H,1,3-8H2;2*1H/t12-;;/m0../s1. The van der Waals surface area contributed by atoms with Crippen molar-refractivity contribution in [3.8, 4) is 5.75 Å². The molecular formula is C15H21BrCl2F2N2O. The second-order valence-electron chi connectivity index (χ2n) is 5.09. The lowest BCUT2D eigenvalue weighted by atomic mass is 9.98. The number of benzene rings is 1. The highest BCUT2D eigenvalue weighted by Crippen LogP contribution is 2.38. The van der Waals surface area contributed by atoms with Gasteiger partial charge in [0.05, 0.1) is 4.47 Å². The van der Waals surface area contributed by atoms with Gasteiger partial charge in [-0.1, -0.05) is 6.08 Å². The average molecular weight is 434 g/mol. The molecule has 2 N–H and O–H groups in total. The number of piperazine rings is 1. The molecule has 1 aliphatic rings. The number of nitrogens with zero attached hydrogens (tertiary/aromatic N) is 1. The third-order valence-corrected chi connectivity index (χ3v) is 4.34. The highest BCUT2D eigenvalue weighted by molar-refractivity contribution is 9.10. The van der Waals surface area contributed by atoms with E-state index in [4.69, 9.17) is 0 Å². The van der Waals surface area contributed by atoms with Gasteiger partial charge in [-0.05, 0) is 34.8 Å². The number of phenols is 1. The van der Waals surface area contributed by atoms with E-state index < -0.39 is 17.4 Å². The van der Waals surface area contributed by atoms with Gasteiger partial charge in [0.1, 0.15) is 0 Å². The normalized spacial score (nSPS) is 16.1. The first-order chi connectivity index (χ1) is 10.1. The fourth-order valence-corrected chi connectivity index (χ4v) is 3.08. The summed E-state index contributed by atoms with van der Waals surface area (Å²) in [5, 5.41) is 13.3. The van der Waals surface area contributed by atoms with Crippen LogP contribution in [0.1, 0.15) is 24.4 Å². The molecule has 23 heavy (non-hydrogen) atoms. The van der Waals surface area contributed by atoms with Crippen LogP contribution in [0, 0.1) is 11.6 Å². The Balaban J connectivity index is 0.00000242. The van der Waals surface area contributed by atoms with Crippen LogP contribution in [0.25, 0.3) is 0 Å². The van der Waals surface area contributed by atoms with E-state index in [2.05, 4.69) is 32.7 Å². The van der Waals surface area contributed by atoms with Crippen molar-refractivity contribution in [1.29, 1.82) is 0 Å². The third-order valence-electron chi connectivity index (χ3n) is 3.76. The highest BCUT2D eigenvalue weighted by atomic mass is 79.9. The molecule has 1 atom stereocenters. The Morgan fingerprint density at radius 2 is 1.91 bits per heavy atom. The maximum Gasteiger partial charge on any atom is 0.201 e. The Morgan fingerprint density at radius 3 is 2.48 bits per heavy atom. The van der Waals surface area contributed by atoms with Crippen molar-refractivity contribution in [2.24, 2.45) is 0 Å². The van der Waals surface area contributed by atoms with E-state index in [1.165, 1.54) is 6.07 Å². The van der Waals surface area contributed by atoms with Gasteiger partial charge in [0.25, 0.3) is 0 Å². The summed E-state index contributed by atoms with van der Waals surface area (Å²) in [5.41, 5.74) is 0.421. The summed E-state index contributed by atoms with van der Waals surface area (Å²) >= 11 is 3.01. The maximum absolute atomic E-state index is 13.8. The van der Waals surface area contributed by atoms with Crippen LogP contribution in [-0.4, -0.2) is 36.2 Å². The molecule has 0 spiro atoms. The first kappa shape index (κ1) is 22.6. The Bertz CT molecular complexity index is 529. The van der Waals surface area contributed by atoms with Gasteiger partial charge in [0, 0.05) is 37.8 Å². The zero-order valence-electron chi connectivity index (χ0n) is 12.5. The summed E-state index contributed by atoms with van der Waals surface area (Å²) in [6.45, 7) is 7.00. The fraction of sp³-hybridized carbons (Fsp3) is 0.467. The van der Waals surface area contributed by atoms with Crippen molar-refractivity contribution < 1.29 is 13.9 Å². The molecule has 132 valence electrons. The monoisotopic (exact) mass is 432 g/mol. The summed E-state index contributed by atoms with van der Waals surface area (Å²) < 4.78 is 27.3. The van der Waals surface area contributed by atoms with E-state index in [9.17, 15) is 13.9 Å². The Morgan fingerprint density at radius 1 is 1.30 bits per heavy atom. The van der Waals surface area contributed by atoms with Gasteiger partial charge in [-0.25, -0.2) is 4.39 Å². The molecule has 0 aliphatic carbocycles. The van der Waals surface area contributed by atoms with Crippen LogP contribution >= 0.6 is 40.7 Å². The predicted molar refractivity (Wildman–Crippen MR) is 96.8 cm³/mol. The number of hydrogen-bond acceptors (Lipinski definition) is 3. The molecule has 3 nitrogen and oxygen atoms in total. The first-order valence-corrected chi connectivity index (χ1v) is 7.77. The van der Waals surface area contributed by atoms with Crippen LogP contribution in [0.15, 0.2) is 23.2 Å². The number of aromatic hydroxyl groups is 1. The minimum atomic E-state index is -1.20. The van der Waals surface area contributed by atoms with Crippen LogP contribution in [0.2, 0.25) is 0 Å². The smallest absolute Gasteiger partial charge is 0.201 e. The second kappa shape index (κ2) is 10.5. The number of hydrogen-bond donors (Lipinski definition) is 2. The average Bonchev–Trinajstić information content (AvgIpc) is 2.51. The first-order valence-electron chi connectivity index (χ1n) is 6.98. The SMILES string of the molecule is C=CCC[C@@H](c1cc(Br)c(F)c(F)c1O)N1CCNCC1.Cl.Cl. The van der Waals surface area contributed by atoms with E-state index in [0.29, 0.717) is 12.0 Å². The van der Waals surface area contributed by atoms with E-state index in [1.54, 1.807) is 6.08 Å². The van der Waals surface area contributed by atoms with Gasteiger partial charge in [-0.3, -0.25) is 4.90 Å². The minimum absolute atomic E-state index is 0. The molecule has 8 heteroatoms. The van der Waals surface area contributed by atoms with Crippen LogP contribution < -0.4 is 5.32 Å². The minimum Gasteiger partial charge on any atom is -0.505 e. The van der Waals surface area contributed by atoms with Crippen LogP contribution in [0.4, 0.5) is 8.78 Å². The lowest BCUT2D eigenvalue weighted by molar-refractivity contribution is 0.162. The summed E-state index contributed by atoms with van der Waals surface area (Å²) in [6.07, 6.45) is 3.24. The molecule has 0 aromatic heterocycles. The number of phenolic OH excluding ortho intramolecular Hbond substituents is 1. The number of nitrogens with one attached hydrogen (secondary N) is 1. The van der Waals surface area contributed by atoms with Gasteiger partial charge in [0.15, 0.2) is 11.6 Å². The molecule has 0 bridgehead atoms. The Kier molecular flexibility index (Phi) is 10.3. The summed E-state index contributed by atoms with van der Waals surface area (Å²) in [4.78, 5) is 2.18. The largest absolute Gasteiger partial charge is 0.505 e. The molecule has 1 saturated heterocycles. The molecule has 1 aromatic rings. The molecule has 1 fully saturated rings. The summed E-state index contributed by atoms with van der Waals surface area (Å²) in [7, 11) is 0. The van der Waals surface area contributed by atoms with E-state index in [-0.39, 0.29) is 35.3 Å². The predicted octanol–water partition coefficient (Wildman–Crippen LogP) is 4.19. The highest BCUT2D eigenvalue weighted by Gasteiger charge is 2.27. The van der Waals surface area contributed by atoms with Crippen LogP contribution in [0.5, 0.6) is 5.75 Å². The fourth-order valence-electron chi connectivity index (χ4n) is 2.66. The summed E-state index contributed by atoms with van der Waals surface area (Å²) in [6, 6.07) is 1.32. The third kappa shape index (κ3) is 5.29. The lowest BCUT2D eigenvalue weighted by Crippen LogP contribution is -2.45. The Labute approximate surface area is 156 Å². The maximum atomic E-state index is 13.8. The van der Waals surface area contributed by atoms with Crippen LogP contribution in [0.3, 0.4) is 0 Å². The van der Waals surface area contributed by atoms with Crippen LogP contribution in [-0.2, 0) is 0 Å². The molecule has 1 aromatic carbocycles. The van der Waals surface area contributed by atoms with E-state index in [0.717, 1.165) is 32.6 Å². The number of rotatable bonds is 5. The number of allylic oxidation sites excluding steroid dienone is 1. The molecule has 0 radical (unpaired) electrons. The van der Waals surface area contributed by atoms with Crippen molar-refractivity contribution in [3.05, 3.63) is 40.4 Å². The quantitative estimate of drug-likeness (QED) is 0.539. The molecule has 1 aliphatic heterocycles. The molecule has 0 amide bonds. The van der Waals surface area contributed by atoms with Crippen molar-refractivity contribution in [2.75, 3.05) is 26.2 Å². The van der Waals surface area contributed by atoms with Crippen molar-refractivity contribution in [2.45, 2.75) is 18.9 Å². The second-order valence-corrected chi connectivity index (χ2v) is 5.95. The molecular weight excluding hydrogens is 413 g/mol. The van der Waals surface area contributed by atoms with Gasteiger partial charge in [0.2, 0.25) is 5.82 Å². The van der Waals surface area contributed by atoms with E-state index in [1.807, 2.05) is 0 Å². The van der Waals surface area contributed by atoms with Crippen molar-refractivity contribution >= 4 is 40.7 Å². The van der Waals surface area contributed by atoms with Gasteiger partial charge in [-0.2, -0.15) is 4.39 Å². The summed E-state index contributed by atoms with van der Waals surface area (Å²) in [5.74, 6) is -2.85. The Hall–Kier alpha value is -0.400. The van der Waals surface area contributed by atoms with Gasteiger partial charge < -0.3 is 10.4 Å². The van der Waals surface area contributed by atoms with Gasteiger partial charge >= 0.3 is 0 Å². The van der Waals surface area contributed by atoms with Crippen molar-refractivity contribution in [3.63, 3.8) is 0 Å². The zero-order valence-corrected chi connectivity index (χ0v) is 15.7. The molecule has 0 saturated carbocycles. The van der Waals surface area contributed by atoms with E-state index >= 15 is 0 Å².